The molecule has 2 nitrogen and oxygen atoms in total. The summed E-state index contributed by atoms with van der Waals surface area (Å²) in [7, 11) is 1.85. The summed E-state index contributed by atoms with van der Waals surface area (Å²) in [6.07, 6.45) is 0.417. The van der Waals surface area contributed by atoms with E-state index in [0.29, 0.717) is 6.42 Å². The second-order valence-electron chi connectivity index (χ2n) is 4.48. The van der Waals surface area contributed by atoms with Crippen LogP contribution in [0, 0.1) is 11.6 Å². The Bertz CT molecular complexity index is 545. The fourth-order valence-corrected chi connectivity index (χ4v) is 1.96. The van der Waals surface area contributed by atoms with E-state index in [1.165, 1.54) is 12.1 Å². The van der Waals surface area contributed by atoms with Gasteiger partial charge in [0, 0.05) is 12.5 Å². The van der Waals surface area contributed by atoms with Gasteiger partial charge in [-0.25, -0.2) is 8.78 Å². The zero-order valence-corrected chi connectivity index (χ0v) is 11.3. The molecule has 0 saturated carbocycles. The summed E-state index contributed by atoms with van der Waals surface area (Å²) in [4.78, 5) is 0. The van der Waals surface area contributed by atoms with Crippen LogP contribution >= 0.6 is 0 Å². The van der Waals surface area contributed by atoms with Crippen molar-refractivity contribution in [3.8, 4) is 5.75 Å². The third-order valence-corrected chi connectivity index (χ3v) is 2.99. The molecule has 0 amide bonds. The highest BCUT2D eigenvalue weighted by Crippen LogP contribution is 2.27. The van der Waals surface area contributed by atoms with Gasteiger partial charge in [-0.2, -0.15) is 0 Å². The van der Waals surface area contributed by atoms with Crippen LogP contribution in [0.2, 0.25) is 0 Å². The molecule has 4 heteroatoms. The van der Waals surface area contributed by atoms with Gasteiger partial charge < -0.3 is 10.1 Å². The Labute approximate surface area is 117 Å². The van der Waals surface area contributed by atoms with Crippen LogP contribution in [-0.4, -0.2) is 13.6 Å². The first-order valence-electron chi connectivity index (χ1n) is 6.52. The van der Waals surface area contributed by atoms with Crippen LogP contribution in [0.3, 0.4) is 0 Å². The normalized spacial score (nSPS) is 12.2. The van der Waals surface area contributed by atoms with E-state index < -0.39 is 11.6 Å². The van der Waals surface area contributed by atoms with Crippen LogP contribution < -0.4 is 10.1 Å². The Morgan fingerprint density at radius 2 is 1.85 bits per heavy atom. The molecule has 2 aromatic rings. The van der Waals surface area contributed by atoms with Crippen molar-refractivity contribution in [3.05, 3.63) is 65.7 Å². The van der Waals surface area contributed by atoms with Gasteiger partial charge in [0.05, 0.1) is 0 Å². The molecule has 0 bridgehead atoms. The minimum atomic E-state index is -0.685. The zero-order chi connectivity index (χ0) is 14.4. The van der Waals surface area contributed by atoms with Gasteiger partial charge in [-0.05, 0) is 31.3 Å². The summed E-state index contributed by atoms with van der Waals surface area (Å²) in [5.74, 6) is -1.23. The van der Waals surface area contributed by atoms with Gasteiger partial charge in [0.1, 0.15) is 11.9 Å². The predicted octanol–water partition coefficient (Wildman–Crippen LogP) is 3.69. The second kappa shape index (κ2) is 7.01. The minimum Gasteiger partial charge on any atom is -0.483 e. The van der Waals surface area contributed by atoms with E-state index in [9.17, 15) is 8.78 Å². The summed E-state index contributed by atoms with van der Waals surface area (Å²) < 4.78 is 32.3. The first-order chi connectivity index (χ1) is 9.70. The molecular formula is C16H17F2NO. The molecule has 1 atom stereocenters. The van der Waals surface area contributed by atoms with Gasteiger partial charge in [0.25, 0.3) is 0 Å². The molecular weight excluding hydrogens is 260 g/mol. The SMILES string of the molecule is CNCCC(Oc1ccc(F)cc1F)c1ccccc1. The second-order valence-corrected chi connectivity index (χ2v) is 4.48. The molecule has 0 saturated heterocycles. The van der Waals surface area contributed by atoms with E-state index in [-0.39, 0.29) is 11.9 Å². The third kappa shape index (κ3) is 3.78. The minimum absolute atomic E-state index is 0.0661. The first kappa shape index (κ1) is 14.5. The lowest BCUT2D eigenvalue weighted by Gasteiger charge is -2.20. The molecule has 0 aromatic heterocycles. The van der Waals surface area contributed by atoms with E-state index in [2.05, 4.69) is 5.32 Å². The number of ether oxygens (including phenoxy) is 1. The van der Waals surface area contributed by atoms with E-state index in [4.69, 9.17) is 4.74 Å². The Morgan fingerprint density at radius 3 is 2.50 bits per heavy atom. The summed E-state index contributed by atoms with van der Waals surface area (Å²) in [5.41, 5.74) is 0.964. The highest BCUT2D eigenvalue weighted by atomic mass is 19.1. The standard InChI is InChI=1S/C16H17F2NO/c1-19-10-9-15(12-5-3-2-4-6-12)20-16-8-7-13(17)11-14(16)18/h2-8,11,15,19H,9-10H2,1H3. The van der Waals surface area contributed by atoms with Crippen LogP contribution in [0.25, 0.3) is 0 Å². The van der Waals surface area contributed by atoms with Gasteiger partial charge in [-0.15, -0.1) is 0 Å². The van der Waals surface area contributed by atoms with Crippen LogP contribution in [0.1, 0.15) is 18.1 Å². The average Bonchev–Trinajstić information content (AvgIpc) is 2.46. The highest BCUT2D eigenvalue weighted by Gasteiger charge is 2.15. The Hall–Kier alpha value is -1.94. The molecule has 0 radical (unpaired) electrons. The lowest BCUT2D eigenvalue weighted by atomic mass is 10.1. The summed E-state index contributed by atoms with van der Waals surface area (Å²) in [5, 5.41) is 3.04. The maximum atomic E-state index is 13.7. The number of benzene rings is 2. The lowest BCUT2D eigenvalue weighted by molar-refractivity contribution is 0.186. The molecule has 2 aromatic carbocycles. The van der Waals surface area contributed by atoms with Crippen molar-refractivity contribution in [3.63, 3.8) is 0 Å². The molecule has 0 fully saturated rings. The van der Waals surface area contributed by atoms with E-state index in [0.717, 1.165) is 18.2 Å². The predicted molar refractivity (Wildman–Crippen MR) is 74.7 cm³/mol. The number of hydrogen-bond acceptors (Lipinski definition) is 2. The van der Waals surface area contributed by atoms with Crippen molar-refractivity contribution < 1.29 is 13.5 Å². The number of halogens is 2. The summed E-state index contributed by atoms with van der Waals surface area (Å²) >= 11 is 0. The quantitative estimate of drug-likeness (QED) is 0.869. The van der Waals surface area contributed by atoms with Crippen molar-refractivity contribution in [2.45, 2.75) is 12.5 Å². The van der Waals surface area contributed by atoms with Gasteiger partial charge in [-0.3, -0.25) is 0 Å². The Morgan fingerprint density at radius 1 is 1.10 bits per heavy atom. The zero-order valence-electron chi connectivity index (χ0n) is 11.3. The molecule has 0 aliphatic carbocycles. The van der Waals surface area contributed by atoms with Crippen LogP contribution in [0.4, 0.5) is 8.78 Å². The summed E-state index contributed by atoms with van der Waals surface area (Å²) in [6.45, 7) is 0.738. The van der Waals surface area contributed by atoms with Gasteiger partial charge in [-0.1, -0.05) is 30.3 Å². The van der Waals surface area contributed by atoms with Crippen molar-refractivity contribution >= 4 is 0 Å². The van der Waals surface area contributed by atoms with E-state index >= 15 is 0 Å². The van der Waals surface area contributed by atoms with Crippen molar-refractivity contribution in [2.75, 3.05) is 13.6 Å². The van der Waals surface area contributed by atoms with Crippen molar-refractivity contribution in [2.24, 2.45) is 0 Å². The largest absolute Gasteiger partial charge is 0.483 e. The average molecular weight is 277 g/mol. The molecule has 106 valence electrons. The van der Waals surface area contributed by atoms with E-state index in [1.807, 2.05) is 37.4 Å². The van der Waals surface area contributed by atoms with Crippen LogP contribution in [0.15, 0.2) is 48.5 Å². The molecule has 0 spiro atoms. The maximum absolute atomic E-state index is 13.7. The topological polar surface area (TPSA) is 21.3 Å². The Balaban J connectivity index is 2.19. The fraction of sp³-hybridized carbons (Fsp3) is 0.250. The van der Waals surface area contributed by atoms with E-state index in [1.54, 1.807) is 0 Å². The number of nitrogens with one attached hydrogen (secondary N) is 1. The first-order valence-corrected chi connectivity index (χ1v) is 6.52. The Kier molecular flexibility index (Phi) is 5.07. The monoisotopic (exact) mass is 277 g/mol. The van der Waals surface area contributed by atoms with Crippen LogP contribution in [-0.2, 0) is 0 Å². The highest BCUT2D eigenvalue weighted by molar-refractivity contribution is 5.27. The molecule has 0 heterocycles. The number of rotatable bonds is 6. The van der Waals surface area contributed by atoms with Crippen LogP contribution in [0.5, 0.6) is 5.75 Å². The maximum Gasteiger partial charge on any atom is 0.168 e. The lowest BCUT2D eigenvalue weighted by Crippen LogP contribution is -2.16. The smallest absolute Gasteiger partial charge is 0.168 e. The molecule has 0 aliphatic rings. The van der Waals surface area contributed by atoms with Gasteiger partial charge in [0.15, 0.2) is 11.6 Å². The third-order valence-electron chi connectivity index (χ3n) is 2.99. The summed E-state index contributed by atoms with van der Waals surface area (Å²) in [6, 6.07) is 12.9. The molecule has 20 heavy (non-hydrogen) atoms. The van der Waals surface area contributed by atoms with Crippen molar-refractivity contribution in [1.82, 2.24) is 5.32 Å². The number of hydrogen-bond donors (Lipinski definition) is 1. The van der Waals surface area contributed by atoms with Crippen molar-refractivity contribution in [1.29, 1.82) is 0 Å². The molecule has 2 rings (SSSR count). The molecule has 1 unspecified atom stereocenters. The molecule has 0 aliphatic heterocycles. The molecule has 1 N–H and O–H groups in total. The van der Waals surface area contributed by atoms with Gasteiger partial charge >= 0.3 is 0 Å². The van der Waals surface area contributed by atoms with Gasteiger partial charge in [0.2, 0.25) is 0 Å². The fourth-order valence-electron chi connectivity index (χ4n) is 1.96.